The van der Waals surface area contributed by atoms with Gasteiger partial charge in [-0.1, -0.05) is 182 Å². The molecule has 9 aromatic carbocycles. The van der Waals surface area contributed by atoms with Crippen molar-refractivity contribution in [2.24, 2.45) is 0 Å². The summed E-state index contributed by atoms with van der Waals surface area (Å²) in [5.74, 6) is -0.836. The zero-order valence-corrected chi connectivity index (χ0v) is 32.8. The minimum atomic E-state index is -0.758. The number of fused-ring (bicyclic) bond motifs is 6. The second kappa shape index (κ2) is 14.9. The summed E-state index contributed by atoms with van der Waals surface area (Å²) in [6.45, 7) is 0. The van der Waals surface area contributed by atoms with E-state index in [4.69, 9.17) is 38.6 Å². The molecule has 3 aromatic heterocycles. The normalized spacial score (nSPS) is 15.6. The third-order valence-corrected chi connectivity index (χ3v) is 11.7. The Labute approximate surface area is 387 Å². The predicted molar refractivity (Wildman–Crippen MR) is 258 cm³/mol. The summed E-state index contributed by atoms with van der Waals surface area (Å²) in [7, 11) is 0. The molecule has 0 saturated heterocycles. The van der Waals surface area contributed by atoms with E-state index in [1.54, 1.807) is 12.1 Å². The molecule has 0 N–H and O–H groups in total. The van der Waals surface area contributed by atoms with Crippen molar-refractivity contribution in [2.75, 3.05) is 0 Å². The highest BCUT2D eigenvalue weighted by Gasteiger charge is 2.19. The van der Waals surface area contributed by atoms with E-state index < -0.39 is 142 Å². The van der Waals surface area contributed by atoms with E-state index in [2.05, 4.69) is 36.4 Å². The molecule has 290 valence electrons. The van der Waals surface area contributed by atoms with E-state index in [1.807, 2.05) is 54.6 Å². The molecule has 0 spiro atoms. The lowest BCUT2D eigenvalue weighted by Gasteiger charge is -2.10. The number of hydrogen-bond donors (Lipinski definition) is 0. The highest BCUT2D eigenvalue weighted by atomic mass is 32.1. The molecule has 62 heavy (non-hydrogen) atoms. The van der Waals surface area contributed by atoms with Gasteiger partial charge in [0.1, 0.15) is 11.2 Å². The summed E-state index contributed by atoms with van der Waals surface area (Å²) in [6, 6.07) is 21.9. The summed E-state index contributed by atoms with van der Waals surface area (Å²) in [4.78, 5) is 14.3. The maximum Gasteiger partial charge on any atom is 0.165 e. The van der Waals surface area contributed by atoms with Crippen LogP contribution in [0.1, 0.15) is 24.7 Å². The molecule has 3 heterocycles. The Bertz CT molecular complexity index is 4640. The van der Waals surface area contributed by atoms with Crippen LogP contribution >= 0.6 is 11.3 Å². The van der Waals surface area contributed by atoms with Gasteiger partial charge in [-0.3, -0.25) is 0 Å². The van der Waals surface area contributed by atoms with Crippen LogP contribution in [0.5, 0.6) is 0 Å². The van der Waals surface area contributed by atoms with Gasteiger partial charge in [-0.05, 0) is 74.7 Å². The molecule has 0 unspecified atom stereocenters. The molecule has 5 heteroatoms. The summed E-state index contributed by atoms with van der Waals surface area (Å²) in [5, 5.41) is -0.758. The molecule has 0 amide bonds. The molecule has 12 rings (SSSR count). The maximum absolute atomic E-state index is 9.69. The van der Waals surface area contributed by atoms with Gasteiger partial charge in [0.2, 0.25) is 0 Å². The monoisotopic (exact) mass is 827 g/mol. The maximum atomic E-state index is 9.69. The van der Waals surface area contributed by atoms with E-state index in [9.17, 15) is 5.48 Å². The molecule has 0 bridgehead atoms. The first-order chi connectivity index (χ1) is 38.2. The fourth-order valence-corrected chi connectivity index (χ4v) is 8.55. The SMILES string of the molecule is [2H]c1c([2H])c([2H])c(-c2c([2H])c([2H])c([2H])c3oc4c([2H])c(-c5nc(-c6ccc(-c7ccc(-c8ccc(-c9ccccc9)cc8)cc7)cc6)nc(-c6c([2H])c([2H])c([2H])c7c6sc6c([2H])c([2H])c([2H])c([2H])c67)n5)c([2H])c([2H])c4c23)c([2H])c1[2H]. The second-order valence-corrected chi connectivity index (χ2v) is 15.2. The van der Waals surface area contributed by atoms with Crippen LogP contribution in [0, 0.1) is 0 Å². The zero-order valence-electron chi connectivity index (χ0n) is 50.0. The topological polar surface area (TPSA) is 51.8 Å². The number of benzene rings is 9. The molecule has 0 fully saturated rings. The summed E-state index contributed by atoms with van der Waals surface area (Å²) in [5.41, 5.74) is 3.76. The first-order valence-corrected chi connectivity index (χ1v) is 20.1. The highest BCUT2D eigenvalue weighted by Crippen LogP contribution is 2.41. The van der Waals surface area contributed by atoms with Crippen molar-refractivity contribution in [2.45, 2.75) is 0 Å². The molecule has 0 saturated carbocycles. The number of furan rings is 1. The lowest BCUT2D eigenvalue weighted by atomic mass is 9.97. The molecule has 0 radical (unpaired) electrons. The van der Waals surface area contributed by atoms with Crippen LogP contribution in [0.25, 0.3) is 121 Å². The lowest BCUT2D eigenvalue weighted by molar-refractivity contribution is 0.669. The summed E-state index contributed by atoms with van der Waals surface area (Å²) >= 11 is 0.844. The number of thiophene rings is 1. The van der Waals surface area contributed by atoms with Crippen molar-refractivity contribution in [3.8, 4) is 78.7 Å². The van der Waals surface area contributed by atoms with E-state index in [-0.39, 0.29) is 48.2 Å². The van der Waals surface area contributed by atoms with Crippen LogP contribution in [0.4, 0.5) is 0 Å². The zero-order chi connectivity index (χ0) is 56.7. The van der Waals surface area contributed by atoms with Crippen LogP contribution in [-0.4, -0.2) is 15.0 Å². The molecule has 12 aromatic rings. The Kier molecular flexibility index (Phi) is 5.30. The van der Waals surface area contributed by atoms with Crippen LogP contribution in [0.15, 0.2) is 216 Å². The fourth-order valence-electron chi connectivity index (χ4n) is 7.49. The highest BCUT2D eigenvalue weighted by molar-refractivity contribution is 7.26. The third kappa shape index (κ3) is 6.35. The van der Waals surface area contributed by atoms with Crippen molar-refractivity contribution in [3.63, 3.8) is 0 Å². The first kappa shape index (κ1) is 22.0. The second-order valence-electron chi connectivity index (χ2n) is 14.2. The van der Waals surface area contributed by atoms with Gasteiger partial charge >= 0.3 is 0 Å². The first-order valence-electron chi connectivity index (χ1n) is 28.3. The Hall–Kier alpha value is -7.99. The molecule has 0 aliphatic carbocycles. The molecule has 0 aliphatic heterocycles. The predicted octanol–water partition coefficient (Wildman–Crippen LogP) is 15.8. The van der Waals surface area contributed by atoms with Crippen LogP contribution < -0.4 is 0 Å². The number of aromatic nitrogens is 3. The smallest absolute Gasteiger partial charge is 0.165 e. The average Bonchev–Trinajstić information content (AvgIpc) is 4.24. The number of nitrogens with zero attached hydrogens (tertiary/aromatic N) is 3. The van der Waals surface area contributed by atoms with Crippen molar-refractivity contribution in [1.82, 2.24) is 15.0 Å². The molecular formula is C57H35N3OS. The van der Waals surface area contributed by atoms with Crippen molar-refractivity contribution in [3.05, 3.63) is 212 Å². The molecular weight excluding hydrogens is 775 g/mol. The number of rotatable bonds is 7. The van der Waals surface area contributed by atoms with E-state index in [1.165, 1.54) is 0 Å². The van der Waals surface area contributed by atoms with Gasteiger partial charge in [0.15, 0.2) is 17.5 Å². The van der Waals surface area contributed by atoms with Crippen LogP contribution in [0.2, 0.25) is 0 Å². The van der Waals surface area contributed by atoms with Gasteiger partial charge in [0, 0.05) is 47.6 Å². The van der Waals surface area contributed by atoms with Crippen molar-refractivity contribution >= 4 is 53.4 Å². The lowest BCUT2D eigenvalue weighted by Crippen LogP contribution is -2.00. The minimum absolute atomic E-state index is 0.0457. The largest absolute Gasteiger partial charge is 0.456 e. The molecule has 4 nitrogen and oxygen atoms in total. The van der Waals surface area contributed by atoms with Gasteiger partial charge in [0.25, 0.3) is 0 Å². The fraction of sp³-hybridized carbons (Fsp3) is 0. The quantitative estimate of drug-likeness (QED) is 0.161. The van der Waals surface area contributed by atoms with E-state index in [0.29, 0.717) is 5.56 Å². The van der Waals surface area contributed by atoms with Crippen molar-refractivity contribution < 1.29 is 29.1 Å². The van der Waals surface area contributed by atoms with Gasteiger partial charge in [-0.25, -0.2) is 15.0 Å². The summed E-state index contributed by atoms with van der Waals surface area (Å²) < 4.78 is 166. The van der Waals surface area contributed by atoms with Crippen LogP contribution in [-0.2, 0) is 0 Å². The summed E-state index contributed by atoms with van der Waals surface area (Å²) in [6.07, 6.45) is 0. The Morgan fingerprint density at radius 2 is 0.919 bits per heavy atom. The van der Waals surface area contributed by atoms with Crippen molar-refractivity contribution in [1.29, 1.82) is 0 Å². The third-order valence-electron chi connectivity index (χ3n) is 10.5. The minimum Gasteiger partial charge on any atom is -0.456 e. The van der Waals surface area contributed by atoms with E-state index >= 15 is 0 Å². The van der Waals surface area contributed by atoms with Gasteiger partial charge in [-0.2, -0.15) is 0 Å². The number of hydrogen-bond acceptors (Lipinski definition) is 5. The average molecular weight is 828 g/mol. The van der Waals surface area contributed by atoms with E-state index in [0.717, 1.165) is 44.7 Å². The molecule has 0 atom stereocenters. The Morgan fingerprint density at radius 1 is 0.371 bits per heavy atom. The van der Waals surface area contributed by atoms with Gasteiger partial charge < -0.3 is 4.42 Å². The van der Waals surface area contributed by atoms with Gasteiger partial charge in [0.05, 0.1) is 24.7 Å². The standard InChI is InChI=1S/C57H35N3OS/c1-3-11-36(12-4-1)37-21-23-38(24-22-37)39-25-27-40(28-26-39)41-29-31-43(32-30-41)55-58-56(60-57(59-55)49-18-9-17-47-46-15-7-8-20-52(46)62-54(47)49)44-33-34-48-51(35-44)61-50-19-10-16-45(53(48)50)42-13-5-2-6-14-42/h1-35H/i2D,5D,6D,7D,8D,9D,10D,13D,14D,15D,16D,17D,18D,19D,20D,33D,34D,35D. The van der Waals surface area contributed by atoms with Crippen LogP contribution in [0.3, 0.4) is 0 Å². The Morgan fingerprint density at radius 3 is 1.61 bits per heavy atom. The van der Waals surface area contributed by atoms with Gasteiger partial charge in [-0.15, -0.1) is 11.3 Å². The Balaban J connectivity index is 1.06. The molecule has 0 aliphatic rings.